The molecule has 0 atom stereocenters. The second kappa shape index (κ2) is 6.53. The second-order valence-corrected chi connectivity index (χ2v) is 4.98. The molecule has 0 spiro atoms. The lowest BCUT2D eigenvalue weighted by molar-refractivity contribution is -0.127. The van der Waals surface area contributed by atoms with Crippen molar-refractivity contribution in [2.24, 2.45) is 0 Å². The lowest BCUT2D eigenvalue weighted by Crippen LogP contribution is -2.47. The Morgan fingerprint density at radius 3 is 2.26 bits per heavy atom. The summed E-state index contributed by atoms with van der Waals surface area (Å²) >= 11 is 0. The fourth-order valence-electron chi connectivity index (χ4n) is 2.39. The fourth-order valence-corrected chi connectivity index (χ4v) is 2.39. The van der Waals surface area contributed by atoms with Crippen LogP contribution in [-0.2, 0) is 17.8 Å². The molecule has 0 unspecified atom stereocenters. The van der Waals surface area contributed by atoms with Gasteiger partial charge in [0.25, 0.3) is 0 Å². The molecule has 1 amide bonds. The zero-order chi connectivity index (χ0) is 13.7. The van der Waals surface area contributed by atoms with E-state index in [2.05, 4.69) is 42.7 Å². The van der Waals surface area contributed by atoms with Crippen LogP contribution in [0.1, 0.15) is 18.1 Å². The lowest BCUT2D eigenvalue weighted by atomic mass is 10.1. The Balaban J connectivity index is 1.84. The number of piperazine rings is 1. The van der Waals surface area contributed by atoms with E-state index < -0.39 is 0 Å². The Hall–Kier alpha value is -1.61. The van der Waals surface area contributed by atoms with Crippen LogP contribution in [0.4, 0.5) is 0 Å². The molecule has 1 aromatic carbocycles. The van der Waals surface area contributed by atoms with E-state index in [4.69, 9.17) is 0 Å². The van der Waals surface area contributed by atoms with Gasteiger partial charge in [-0.3, -0.25) is 9.69 Å². The van der Waals surface area contributed by atoms with Gasteiger partial charge in [0.1, 0.15) is 0 Å². The van der Waals surface area contributed by atoms with Gasteiger partial charge in [0.15, 0.2) is 0 Å². The minimum absolute atomic E-state index is 0.0481. The van der Waals surface area contributed by atoms with E-state index in [9.17, 15) is 4.79 Å². The summed E-state index contributed by atoms with van der Waals surface area (Å²) in [5, 5.41) is 0. The van der Waals surface area contributed by atoms with E-state index in [1.165, 1.54) is 17.2 Å². The zero-order valence-electron chi connectivity index (χ0n) is 11.6. The molecule has 0 saturated carbocycles. The smallest absolute Gasteiger partial charge is 0.246 e. The van der Waals surface area contributed by atoms with Gasteiger partial charge in [0, 0.05) is 32.7 Å². The van der Waals surface area contributed by atoms with Crippen LogP contribution < -0.4 is 0 Å². The van der Waals surface area contributed by atoms with Crippen LogP contribution in [0.2, 0.25) is 0 Å². The minimum atomic E-state index is 0.0481. The topological polar surface area (TPSA) is 23.6 Å². The fraction of sp³-hybridized carbons (Fsp3) is 0.438. The Morgan fingerprint density at radius 2 is 1.74 bits per heavy atom. The number of nitrogens with zero attached hydrogens (tertiary/aromatic N) is 2. The average molecular weight is 258 g/mol. The molecular formula is C16H22N2O. The first-order valence-corrected chi connectivity index (χ1v) is 6.94. The molecule has 0 aromatic heterocycles. The van der Waals surface area contributed by atoms with Gasteiger partial charge < -0.3 is 4.90 Å². The van der Waals surface area contributed by atoms with E-state index in [1.54, 1.807) is 0 Å². The molecular weight excluding hydrogens is 236 g/mol. The summed E-state index contributed by atoms with van der Waals surface area (Å²) in [7, 11) is 0. The first-order valence-electron chi connectivity index (χ1n) is 6.94. The molecule has 1 heterocycles. The number of benzene rings is 1. The number of aryl methyl sites for hydroxylation is 1. The van der Waals surface area contributed by atoms with Crippen LogP contribution in [0.5, 0.6) is 0 Å². The van der Waals surface area contributed by atoms with Crippen LogP contribution in [0.15, 0.2) is 36.9 Å². The molecule has 1 aromatic rings. The van der Waals surface area contributed by atoms with Gasteiger partial charge in [0.2, 0.25) is 5.91 Å². The Morgan fingerprint density at radius 1 is 1.16 bits per heavy atom. The Labute approximate surface area is 115 Å². The van der Waals surface area contributed by atoms with Crippen LogP contribution >= 0.6 is 0 Å². The lowest BCUT2D eigenvalue weighted by Gasteiger charge is -2.34. The second-order valence-electron chi connectivity index (χ2n) is 4.98. The molecule has 19 heavy (non-hydrogen) atoms. The number of hydrogen-bond acceptors (Lipinski definition) is 2. The Kier molecular flexibility index (Phi) is 4.74. The number of carbonyl (C=O) groups is 1. The molecule has 102 valence electrons. The maximum absolute atomic E-state index is 11.5. The predicted molar refractivity (Wildman–Crippen MR) is 77.9 cm³/mol. The predicted octanol–water partition coefficient (Wildman–Crippen LogP) is 2.08. The Bertz CT molecular complexity index is 431. The minimum Gasteiger partial charge on any atom is -0.337 e. The molecule has 1 saturated heterocycles. The van der Waals surface area contributed by atoms with Crippen molar-refractivity contribution in [2.45, 2.75) is 19.9 Å². The zero-order valence-corrected chi connectivity index (χ0v) is 11.6. The normalized spacial score (nSPS) is 16.4. The molecule has 0 bridgehead atoms. The maximum Gasteiger partial charge on any atom is 0.246 e. The van der Waals surface area contributed by atoms with E-state index in [-0.39, 0.29) is 5.91 Å². The van der Waals surface area contributed by atoms with Crippen molar-refractivity contribution in [3.63, 3.8) is 0 Å². The third-order valence-electron chi connectivity index (χ3n) is 3.70. The summed E-state index contributed by atoms with van der Waals surface area (Å²) in [6.07, 6.45) is 2.49. The third-order valence-corrected chi connectivity index (χ3v) is 3.70. The van der Waals surface area contributed by atoms with Crippen molar-refractivity contribution in [2.75, 3.05) is 26.2 Å². The van der Waals surface area contributed by atoms with Crippen molar-refractivity contribution < 1.29 is 4.79 Å². The molecule has 1 aliphatic rings. The average Bonchev–Trinajstić information content (AvgIpc) is 2.48. The molecule has 0 radical (unpaired) electrons. The van der Waals surface area contributed by atoms with E-state index in [0.29, 0.717) is 0 Å². The van der Waals surface area contributed by atoms with Gasteiger partial charge in [-0.1, -0.05) is 37.8 Å². The first kappa shape index (κ1) is 13.8. The first-order chi connectivity index (χ1) is 9.22. The van der Waals surface area contributed by atoms with Crippen LogP contribution in [0.25, 0.3) is 0 Å². The van der Waals surface area contributed by atoms with Gasteiger partial charge in [-0.15, -0.1) is 0 Å². The summed E-state index contributed by atoms with van der Waals surface area (Å²) in [4.78, 5) is 15.8. The van der Waals surface area contributed by atoms with Gasteiger partial charge in [-0.05, 0) is 23.6 Å². The van der Waals surface area contributed by atoms with E-state index in [1.807, 2.05) is 4.90 Å². The molecule has 1 aliphatic heterocycles. The standard InChI is InChI=1S/C16H22N2O/c1-3-14-5-7-15(8-6-14)13-17-9-11-18(12-10-17)16(19)4-2/h4-8H,2-3,9-13H2,1H3. The molecule has 3 heteroatoms. The molecule has 0 N–H and O–H groups in total. The van der Waals surface area contributed by atoms with Gasteiger partial charge in [0.05, 0.1) is 0 Å². The maximum atomic E-state index is 11.5. The highest BCUT2D eigenvalue weighted by Gasteiger charge is 2.19. The number of amides is 1. The summed E-state index contributed by atoms with van der Waals surface area (Å²) in [5.41, 5.74) is 2.73. The molecule has 3 nitrogen and oxygen atoms in total. The molecule has 1 fully saturated rings. The monoisotopic (exact) mass is 258 g/mol. The summed E-state index contributed by atoms with van der Waals surface area (Å²) in [6, 6.07) is 8.82. The third kappa shape index (κ3) is 3.67. The highest BCUT2D eigenvalue weighted by Crippen LogP contribution is 2.10. The highest BCUT2D eigenvalue weighted by atomic mass is 16.2. The van der Waals surface area contributed by atoms with E-state index >= 15 is 0 Å². The van der Waals surface area contributed by atoms with Crippen LogP contribution in [0, 0.1) is 0 Å². The number of carbonyl (C=O) groups excluding carboxylic acids is 1. The van der Waals surface area contributed by atoms with Crippen molar-refractivity contribution in [3.8, 4) is 0 Å². The largest absolute Gasteiger partial charge is 0.337 e. The van der Waals surface area contributed by atoms with Crippen LogP contribution in [-0.4, -0.2) is 41.9 Å². The molecule has 2 rings (SSSR count). The molecule has 0 aliphatic carbocycles. The summed E-state index contributed by atoms with van der Waals surface area (Å²) in [6.45, 7) is 10.2. The highest BCUT2D eigenvalue weighted by molar-refractivity contribution is 5.87. The van der Waals surface area contributed by atoms with Crippen molar-refractivity contribution in [1.82, 2.24) is 9.80 Å². The van der Waals surface area contributed by atoms with Gasteiger partial charge >= 0.3 is 0 Å². The quantitative estimate of drug-likeness (QED) is 0.772. The van der Waals surface area contributed by atoms with Crippen LogP contribution in [0.3, 0.4) is 0 Å². The number of rotatable bonds is 4. The van der Waals surface area contributed by atoms with Crippen molar-refractivity contribution >= 4 is 5.91 Å². The van der Waals surface area contributed by atoms with Crippen molar-refractivity contribution in [3.05, 3.63) is 48.0 Å². The van der Waals surface area contributed by atoms with Gasteiger partial charge in [-0.25, -0.2) is 0 Å². The van der Waals surface area contributed by atoms with Gasteiger partial charge in [-0.2, -0.15) is 0 Å². The SMILES string of the molecule is C=CC(=O)N1CCN(Cc2ccc(CC)cc2)CC1. The number of hydrogen-bond donors (Lipinski definition) is 0. The summed E-state index contributed by atoms with van der Waals surface area (Å²) in [5.74, 6) is 0.0481. The van der Waals surface area contributed by atoms with Crippen molar-refractivity contribution in [1.29, 1.82) is 0 Å². The summed E-state index contributed by atoms with van der Waals surface area (Å²) < 4.78 is 0. The van der Waals surface area contributed by atoms with E-state index in [0.717, 1.165) is 39.1 Å².